The molecule has 80 valence electrons. The van der Waals surface area contributed by atoms with Crippen LogP contribution in [0.15, 0.2) is 0 Å². The van der Waals surface area contributed by atoms with Crippen molar-refractivity contribution in [2.45, 2.75) is 36.9 Å². The van der Waals surface area contributed by atoms with E-state index < -0.39 is 30.5 Å². The Bertz CT molecular complexity index is 258. The van der Waals surface area contributed by atoms with E-state index in [2.05, 4.69) is 0 Å². The van der Waals surface area contributed by atoms with Crippen molar-refractivity contribution in [2.24, 2.45) is 0 Å². The monoisotopic (exact) mass is 203 g/mol. The van der Waals surface area contributed by atoms with Crippen LogP contribution in [0.2, 0.25) is 0 Å². The summed E-state index contributed by atoms with van der Waals surface area (Å²) in [5.74, 6) is -0.299. The summed E-state index contributed by atoms with van der Waals surface area (Å²) in [5.41, 5.74) is 0. The Morgan fingerprint density at radius 2 is 1.71 bits per heavy atom. The normalized spacial score (nSPS) is 48.1. The minimum absolute atomic E-state index is 0.0290. The van der Waals surface area contributed by atoms with E-state index >= 15 is 0 Å². The van der Waals surface area contributed by atoms with Gasteiger partial charge < -0.3 is 25.3 Å². The quantitative estimate of drug-likeness (QED) is 0.337. The summed E-state index contributed by atoms with van der Waals surface area (Å²) >= 11 is 0. The number of nitrogens with zero attached hydrogens (tertiary/aromatic N) is 1. The van der Waals surface area contributed by atoms with Crippen molar-refractivity contribution in [2.75, 3.05) is 6.54 Å². The summed E-state index contributed by atoms with van der Waals surface area (Å²) in [6.07, 6.45) is -4.73. The zero-order valence-corrected chi connectivity index (χ0v) is 7.45. The van der Waals surface area contributed by atoms with Crippen LogP contribution in [0.3, 0.4) is 0 Å². The predicted molar refractivity (Wildman–Crippen MR) is 44.1 cm³/mol. The third-order valence-electron chi connectivity index (χ3n) is 2.94. The number of fused-ring (bicyclic) bond motifs is 1. The van der Waals surface area contributed by atoms with E-state index in [1.165, 1.54) is 4.90 Å². The molecule has 2 fully saturated rings. The van der Waals surface area contributed by atoms with Crippen molar-refractivity contribution < 1.29 is 25.2 Å². The minimum atomic E-state index is -1.29. The number of amides is 1. The lowest BCUT2D eigenvalue weighted by Gasteiger charge is -2.40. The van der Waals surface area contributed by atoms with Gasteiger partial charge in [-0.15, -0.1) is 0 Å². The van der Waals surface area contributed by atoms with Gasteiger partial charge in [-0.05, 0) is 0 Å². The van der Waals surface area contributed by atoms with Crippen LogP contribution in [-0.4, -0.2) is 68.2 Å². The highest BCUT2D eigenvalue weighted by atomic mass is 16.4. The summed E-state index contributed by atoms with van der Waals surface area (Å²) in [4.78, 5) is 12.5. The SMILES string of the molecule is O=C1C[C@H](O)[C@@H]2[C@@H](O)[C@H](O)[C@@H](O)CN12. The number of aliphatic hydroxyl groups excluding tert-OH is 4. The van der Waals surface area contributed by atoms with Crippen molar-refractivity contribution in [1.82, 2.24) is 4.90 Å². The molecule has 0 spiro atoms. The van der Waals surface area contributed by atoms with Gasteiger partial charge in [-0.2, -0.15) is 0 Å². The van der Waals surface area contributed by atoms with Crippen molar-refractivity contribution in [3.63, 3.8) is 0 Å². The molecule has 6 nitrogen and oxygen atoms in total. The number of piperidine rings is 1. The maximum Gasteiger partial charge on any atom is 0.225 e. The number of rotatable bonds is 0. The molecule has 2 aliphatic heterocycles. The first-order chi connectivity index (χ1) is 6.52. The van der Waals surface area contributed by atoms with Crippen LogP contribution >= 0.6 is 0 Å². The van der Waals surface area contributed by atoms with Gasteiger partial charge in [-0.1, -0.05) is 0 Å². The zero-order valence-electron chi connectivity index (χ0n) is 7.45. The molecule has 4 N–H and O–H groups in total. The second-order valence-corrected chi connectivity index (χ2v) is 3.86. The third kappa shape index (κ3) is 1.23. The second-order valence-electron chi connectivity index (χ2n) is 3.86. The summed E-state index contributed by atoms with van der Waals surface area (Å²) in [6.45, 7) is -0.0290. The summed E-state index contributed by atoms with van der Waals surface area (Å²) in [5, 5.41) is 37.7. The fraction of sp³-hybridized carbons (Fsp3) is 0.875. The van der Waals surface area contributed by atoms with Gasteiger partial charge in [0.25, 0.3) is 0 Å². The first-order valence-corrected chi connectivity index (χ1v) is 4.54. The van der Waals surface area contributed by atoms with Gasteiger partial charge in [0.05, 0.1) is 18.6 Å². The van der Waals surface area contributed by atoms with E-state index in [9.17, 15) is 25.2 Å². The molecule has 2 heterocycles. The van der Waals surface area contributed by atoms with Gasteiger partial charge >= 0.3 is 0 Å². The first-order valence-electron chi connectivity index (χ1n) is 4.54. The Hall–Kier alpha value is -0.690. The molecule has 0 aromatic heterocycles. The molecule has 2 saturated heterocycles. The molecule has 0 radical (unpaired) electrons. The molecular formula is C8H13NO5. The standard InChI is InChI=1S/C8H13NO5/c10-3-1-5(12)9-2-4(11)7(13)8(14)6(3)9/h3-4,6-8,10-11,13-14H,1-2H2/t3-,4-,6+,7+,8+/m0/s1. The topological polar surface area (TPSA) is 101 Å². The lowest BCUT2D eigenvalue weighted by molar-refractivity contribution is -0.157. The molecule has 5 atom stereocenters. The molecule has 0 aromatic rings. The van der Waals surface area contributed by atoms with Crippen LogP contribution in [0.4, 0.5) is 0 Å². The van der Waals surface area contributed by atoms with Crippen molar-refractivity contribution in [3.8, 4) is 0 Å². The van der Waals surface area contributed by atoms with Crippen LogP contribution in [0.1, 0.15) is 6.42 Å². The maximum absolute atomic E-state index is 11.3. The molecule has 0 saturated carbocycles. The number of aliphatic hydroxyl groups is 4. The van der Waals surface area contributed by atoms with Gasteiger partial charge in [-0.25, -0.2) is 0 Å². The van der Waals surface area contributed by atoms with Gasteiger partial charge in [0, 0.05) is 6.54 Å². The van der Waals surface area contributed by atoms with E-state index in [1.54, 1.807) is 0 Å². The first kappa shape index (κ1) is 9.85. The maximum atomic E-state index is 11.3. The molecular weight excluding hydrogens is 190 g/mol. The summed E-state index contributed by atoms with van der Waals surface area (Å²) < 4.78 is 0. The largest absolute Gasteiger partial charge is 0.390 e. The average Bonchev–Trinajstić information content (AvgIpc) is 2.38. The van der Waals surface area contributed by atoms with Crippen LogP contribution in [-0.2, 0) is 4.79 Å². The fourth-order valence-electron chi connectivity index (χ4n) is 2.17. The molecule has 14 heavy (non-hydrogen) atoms. The molecule has 0 bridgehead atoms. The van der Waals surface area contributed by atoms with Gasteiger partial charge in [-0.3, -0.25) is 4.79 Å². The van der Waals surface area contributed by atoms with E-state index in [-0.39, 0.29) is 18.9 Å². The Kier molecular flexibility index (Phi) is 2.23. The number of carbonyl (C=O) groups is 1. The van der Waals surface area contributed by atoms with Gasteiger partial charge in [0.15, 0.2) is 0 Å². The summed E-state index contributed by atoms with van der Waals surface area (Å²) in [7, 11) is 0. The van der Waals surface area contributed by atoms with Crippen LogP contribution < -0.4 is 0 Å². The smallest absolute Gasteiger partial charge is 0.225 e. The van der Waals surface area contributed by atoms with Crippen molar-refractivity contribution >= 4 is 5.91 Å². The molecule has 0 unspecified atom stereocenters. The van der Waals surface area contributed by atoms with E-state index in [0.29, 0.717) is 0 Å². The molecule has 0 aliphatic carbocycles. The Labute approximate surface area is 80.4 Å². The van der Waals surface area contributed by atoms with Gasteiger partial charge in [0.1, 0.15) is 18.3 Å². The van der Waals surface area contributed by atoms with Crippen molar-refractivity contribution in [1.29, 1.82) is 0 Å². The third-order valence-corrected chi connectivity index (χ3v) is 2.94. The number of carbonyl (C=O) groups excluding carboxylic acids is 1. The molecule has 2 rings (SSSR count). The van der Waals surface area contributed by atoms with E-state index in [4.69, 9.17) is 0 Å². The Morgan fingerprint density at radius 1 is 1.07 bits per heavy atom. The number of hydrogen-bond donors (Lipinski definition) is 4. The highest BCUT2D eigenvalue weighted by Crippen LogP contribution is 2.28. The number of hydrogen-bond acceptors (Lipinski definition) is 5. The van der Waals surface area contributed by atoms with Gasteiger partial charge in [0.2, 0.25) is 5.91 Å². The van der Waals surface area contributed by atoms with Crippen LogP contribution in [0.25, 0.3) is 0 Å². The molecule has 2 aliphatic rings. The lowest BCUT2D eigenvalue weighted by Crippen LogP contribution is -2.62. The average molecular weight is 203 g/mol. The minimum Gasteiger partial charge on any atom is -0.390 e. The van der Waals surface area contributed by atoms with Crippen molar-refractivity contribution in [3.05, 3.63) is 0 Å². The Balaban J connectivity index is 2.24. The fourth-order valence-corrected chi connectivity index (χ4v) is 2.17. The Morgan fingerprint density at radius 3 is 2.36 bits per heavy atom. The lowest BCUT2D eigenvalue weighted by atomic mass is 9.93. The summed E-state index contributed by atoms with van der Waals surface area (Å²) in [6, 6.07) is -0.777. The highest BCUT2D eigenvalue weighted by Gasteiger charge is 2.50. The molecule has 0 aromatic carbocycles. The molecule has 1 amide bonds. The molecule has 6 heteroatoms. The van der Waals surface area contributed by atoms with E-state index in [0.717, 1.165) is 0 Å². The zero-order chi connectivity index (χ0) is 10.5. The van der Waals surface area contributed by atoms with Crippen LogP contribution in [0, 0.1) is 0 Å². The van der Waals surface area contributed by atoms with Crippen LogP contribution in [0.5, 0.6) is 0 Å². The second kappa shape index (κ2) is 3.16. The van der Waals surface area contributed by atoms with E-state index in [1.807, 2.05) is 0 Å². The highest BCUT2D eigenvalue weighted by molar-refractivity contribution is 5.80. The predicted octanol–water partition coefficient (Wildman–Crippen LogP) is -2.96.